The van der Waals surface area contributed by atoms with E-state index in [4.69, 9.17) is 22.3 Å². The molecule has 220 valence electrons. The first-order valence-electron chi connectivity index (χ1n) is 14.8. The van der Waals surface area contributed by atoms with Crippen molar-refractivity contribution in [3.8, 4) is 11.1 Å². The maximum absolute atomic E-state index is 14.1. The number of nitrogens with one attached hydrogen (secondary N) is 1. The molecule has 8 rings (SSSR count). The molecule has 3 saturated heterocycles. The molecule has 7 heterocycles. The summed E-state index contributed by atoms with van der Waals surface area (Å²) in [5.74, 6) is 1.78. The second kappa shape index (κ2) is 10.6. The molecule has 3 aromatic heterocycles. The van der Waals surface area contributed by atoms with Gasteiger partial charge in [-0.1, -0.05) is 18.5 Å². The number of likely N-dealkylation sites (N-methyl/N-ethyl adjacent to an activating group) is 1. The van der Waals surface area contributed by atoms with Gasteiger partial charge in [-0.25, -0.2) is 14.8 Å². The number of hydrogen-bond donors (Lipinski definition) is 2. The third kappa shape index (κ3) is 4.49. The molecule has 0 aliphatic carbocycles. The predicted molar refractivity (Wildman–Crippen MR) is 172 cm³/mol. The van der Waals surface area contributed by atoms with E-state index in [1.807, 2.05) is 10.6 Å². The third-order valence-electron chi connectivity index (χ3n) is 9.38. The van der Waals surface area contributed by atoms with Gasteiger partial charge >= 0.3 is 5.69 Å². The lowest BCUT2D eigenvalue weighted by molar-refractivity contribution is 0.126. The van der Waals surface area contributed by atoms with Crippen molar-refractivity contribution in [1.29, 1.82) is 0 Å². The molecule has 4 aliphatic rings. The number of aromatic nitrogens is 4. The van der Waals surface area contributed by atoms with Crippen LogP contribution in [-0.2, 0) is 0 Å². The number of benzene rings is 1. The fourth-order valence-corrected chi connectivity index (χ4v) is 9.80. The van der Waals surface area contributed by atoms with E-state index in [1.54, 1.807) is 29.3 Å². The fourth-order valence-electron chi connectivity index (χ4n) is 7.26. The van der Waals surface area contributed by atoms with E-state index in [0.29, 0.717) is 17.1 Å². The number of fused-ring (bicyclic) bond motifs is 3. The zero-order valence-electron chi connectivity index (χ0n) is 23.6. The van der Waals surface area contributed by atoms with Gasteiger partial charge in [0.15, 0.2) is 0 Å². The van der Waals surface area contributed by atoms with E-state index in [9.17, 15) is 4.79 Å². The lowest BCUT2D eigenvalue weighted by Crippen LogP contribution is -2.52. The topological polar surface area (TPSA) is 108 Å². The van der Waals surface area contributed by atoms with E-state index in [1.165, 1.54) is 0 Å². The number of nitrogens with zero attached hydrogens (tertiary/aromatic N) is 7. The normalized spacial score (nSPS) is 24.7. The summed E-state index contributed by atoms with van der Waals surface area (Å²) in [5.41, 5.74) is 9.44. The average molecular weight is 624 g/mol. The maximum Gasteiger partial charge on any atom is 0.350 e. The summed E-state index contributed by atoms with van der Waals surface area (Å²) in [6.07, 6.45) is 4.09. The Labute approximate surface area is 257 Å². The first-order valence-corrected chi connectivity index (χ1v) is 17.1. The Bertz CT molecular complexity index is 1740. The van der Waals surface area contributed by atoms with Crippen LogP contribution >= 0.6 is 34.7 Å². The molecule has 3 N–H and O–H groups in total. The number of thiophene rings is 1. The minimum Gasteiger partial charge on any atom is -0.368 e. The SMILES string of the molecule is CCN1CCN(C[C@H]2CSc3c(-c4csc5cnc(N)nc45)c(Cl)cc4c(N5CC6CCC(C5)N6)nc(=O)n2c34)CC1. The summed E-state index contributed by atoms with van der Waals surface area (Å²) in [5, 5.41) is 7.39. The van der Waals surface area contributed by atoms with Crippen LogP contribution in [0.2, 0.25) is 5.02 Å². The summed E-state index contributed by atoms with van der Waals surface area (Å²) >= 11 is 10.6. The zero-order valence-corrected chi connectivity index (χ0v) is 25.9. The molecule has 4 aromatic rings. The lowest BCUT2D eigenvalue weighted by atomic mass is 10.0. The van der Waals surface area contributed by atoms with Crippen LogP contribution < -0.4 is 21.6 Å². The number of hydrogen-bond acceptors (Lipinski definition) is 11. The van der Waals surface area contributed by atoms with E-state index >= 15 is 0 Å². The lowest BCUT2D eigenvalue weighted by Gasteiger charge is -2.38. The van der Waals surface area contributed by atoms with E-state index in [-0.39, 0.29) is 17.7 Å². The number of rotatable bonds is 5. The molecule has 3 atom stereocenters. The van der Waals surface area contributed by atoms with E-state index < -0.39 is 0 Å². The minimum atomic E-state index is -0.169. The molecule has 42 heavy (non-hydrogen) atoms. The minimum absolute atomic E-state index is 0.0256. The second-order valence-corrected chi connectivity index (χ2v) is 14.2. The molecular weight excluding hydrogens is 590 g/mol. The maximum atomic E-state index is 14.1. The van der Waals surface area contributed by atoms with Gasteiger partial charge in [0.1, 0.15) is 5.82 Å². The molecular formula is C29H34ClN9OS2. The molecule has 0 saturated carbocycles. The Hall–Kier alpha value is -2.48. The van der Waals surface area contributed by atoms with Crippen LogP contribution in [-0.4, -0.2) is 99.5 Å². The monoisotopic (exact) mass is 623 g/mol. The smallest absolute Gasteiger partial charge is 0.350 e. The highest BCUT2D eigenvalue weighted by Gasteiger charge is 2.36. The van der Waals surface area contributed by atoms with Crippen molar-refractivity contribution in [2.24, 2.45) is 0 Å². The van der Waals surface area contributed by atoms with Gasteiger partial charge in [0.2, 0.25) is 5.95 Å². The van der Waals surface area contributed by atoms with Gasteiger partial charge in [0.25, 0.3) is 0 Å². The first kappa shape index (κ1) is 27.1. The van der Waals surface area contributed by atoms with Crippen molar-refractivity contribution in [3.63, 3.8) is 0 Å². The van der Waals surface area contributed by atoms with Crippen LogP contribution in [0.15, 0.2) is 27.3 Å². The average Bonchev–Trinajstić information content (AvgIpc) is 3.56. The van der Waals surface area contributed by atoms with Gasteiger partial charge in [0.05, 0.1) is 33.0 Å². The number of halogens is 1. The molecule has 0 spiro atoms. The Balaban J connectivity index is 1.30. The summed E-state index contributed by atoms with van der Waals surface area (Å²) in [6.45, 7) is 9.99. The van der Waals surface area contributed by atoms with Gasteiger partial charge in [0, 0.05) is 90.4 Å². The molecule has 4 aliphatic heterocycles. The Morgan fingerprint density at radius 3 is 2.64 bits per heavy atom. The second-order valence-electron chi connectivity index (χ2n) is 11.9. The number of anilines is 2. The number of piperazine rings is 2. The predicted octanol–water partition coefficient (Wildman–Crippen LogP) is 3.53. The highest BCUT2D eigenvalue weighted by molar-refractivity contribution is 7.99. The largest absolute Gasteiger partial charge is 0.368 e. The summed E-state index contributed by atoms with van der Waals surface area (Å²) in [7, 11) is 0. The Kier molecular flexibility index (Phi) is 6.84. The molecule has 0 radical (unpaired) electrons. The zero-order chi connectivity index (χ0) is 28.5. The molecule has 13 heteroatoms. The van der Waals surface area contributed by atoms with Gasteiger partial charge in [-0.2, -0.15) is 4.98 Å². The highest BCUT2D eigenvalue weighted by Crippen LogP contribution is 2.49. The van der Waals surface area contributed by atoms with Crippen molar-refractivity contribution in [3.05, 3.63) is 33.2 Å². The summed E-state index contributed by atoms with van der Waals surface area (Å²) < 4.78 is 2.93. The van der Waals surface area contributed by atoms with Gasteiger partial charge < -0.3 is 20.9 Å². The van der Waals surface area contributed by atoms with Crippen molar-refractivity contribution in [2.45, 2.75) is 42.8 Å². The van der Waals surface area contributed by atoms with Crippen molar-refractivity contribution in [1.82, 2.24) is 34.6 Å². The van der Waals surface area contributed by atoms with Gasteiger partial charge in [-0.15, -0.1) is 23.1 Å². The van der Waals surface area contributed by atoms with E-state index in [2.05, 4.69) is 42.3 Å². The highest BCUT2D eigenvalue weighted by atomic mass is 35.5. The molecule has 1 aromatic carbocycles. The van der Waals surface area contributed by atoms with E-state index in [0.717, 1.165) is 114 Å². The molecule has 10 nitrogen and oxygen atoms in total. The Morgan fingerprint density at radius 1 is 1.12 bits per heavy atom. The number of nitrogen functional groups attached to an aromatic ring is 1. The van der Waals surface area contributed by atoms with Crippen LogP contribution in [0.4, 0.5) is 11.8 Å². The van der Waals surface area contributed by atoms with Crippen LogP contribution in [0, 0.1) is 0 Å². The van der Waals surface area contributed by atoms with Crippen LogP contribution in [0.25, 0.3) is 32.2 Å². The van der Waals surface area contributed by atoms with Crippen molar-refractivity contribution < 1.29 is 0 Å². The quantitative estimate of drug-likeness (QED) is 0.343. The van der Waals surface area contributed by atoms with Crippen LogP contribution in [0.1, 0.15) is 25.8 Å². The van der Waals surface area contributed by atoms with Gasteiger partial charge in [-0.05, 0) is 25.5 Å². The van der Waals surface area contributed by atoms with Crippen LogP contribution in [0.5, 0.6) is 0 Å². The standard InChI is InChI=1S/C29H34ClN9OS2/c1-2-36-5-7-37(8-6-36)13-18-14-42-26-23(20-15-41-22-10-32-28(31)34-24(20)22)21(30)9-19-25(26)39(18)29(40)35-27(19)38-11-16-3-4-17(12-38)33-16/h9-10,15-18,33H,2-8,11-14H2,1H3,(H2,31,32,34)/t16?,17?,18-/m0/s1. The first-order chi connectivity index (χ1) is 20.5. The number of nitrogens with two attached hydrogens (primary N) is 1. The number of thioether (sulfide) groups is 1. The Morgan fingerprint density at radius 2 is 1.88 bits per heavy atom. The molecule has 2 bridgehead atoms. The van der Waals surface area contributed by atoms with Crippen molar-refractivity contribution in [2.75, 3.05) is 68.7 Å². The van der Waals surface area contributed by atoms with Crippen molar-refractivity contribution >= 4 is 67.6 Å². The van der Waals surface area contributed by atoms with Gasteiger partial charge in [-0.3, -0.25) is 9.47 Å². The fraction of sp³-hybridized carbons (Fsp3) is 0.517. The molecule has 3 fully saturated rings. The molecule has 0 amide bonds. The van der Waals surface area contributed by atoms with Crippen LogP contribution in [0.3, 0.4) is 0 Å². The third-order valence-corrected chi connectivity index (χ3v) is 11.8. The summed E-state index contributed by atoms with van der Waals surface area (Å²) in [4.78, 5) is 36.0. The summed E-state index contributed by atoms with van der Waals surface area (Å²) in [6, 6.07) is 2.92. The molecule has 2 unspecified atom stereocenters.